The molecule has 2 heterocycles. The van der Waals surface area contributed by atoms with Crippen LogP contribution in [-0.2, 0) is 4.79 Å². The quantitative estimate of drug-likeness (QED) is 0.834. The maximum Gasteiger partial charge on any atom is 0.337 e. The smallest absolute Gasteiger partial charge is 0.337 e. The van der Waals surface area contributed by atoms with E-state index in [4.69, 9.17) is 10.2 Å². The molecule has 0 unspecified atom stereocenters. The Bertz CT molecular complexity index is 467. The summed E-state index contributed by atoms with van der Waals surface area (Å²) in [6.45, 7) is 1.23. The molecule has 0 saturated carbocycles. The first-order valence-corrected chi connectivity index (χ1v) is 5.74. The van der Waals surface area contributed by atoms with E-state index in [9.17, 15) is 9.59 Å². The Labute approximate surface area is 104 Å². The first-order chi connectivity index (χ1) is 8.58. The molecule has 1 saturated heterocycles. The number of hydrogen-bond donors (Lipinski definition) is 2. The van der Waals surface area contributed by atoms with Crippen LogP contribution in [0.5, 0.6) is 0 Å². The Morgan fingerprint density at radius 1 is 1.22 bits per heavy atom. The summed E-state index contributed by atoms with van der Waals surface area (Å²) in [7, 11) is 0. The highest BCUT2D eigenvalue weighted by Gasteiger charge is 2.24. The zero-order valence-electron chi connectivity index (χ0n) is 9.74. The number of carboxylic acid groups (broad SMARTS) is 2. The maximum atomic E-state index is 10.8. The van der Waals surface area contributed by atoms with Gasteiger partial charge in [-0.05, 0) is 18.9 Å². The summed E-state index contributed by atoms with van der Waals surface area (Å²) in [4.78, 5) is 27.5. The molecule has 1 aliphatic heterocycles. The van der Waals surface area contributed by atoms with Crippen LogP contribution < -0.4 is 4.90 Å². The van der Waals surface area contributed by atoms with Crippen LogP contribution in [0.25, 0.3) is 0 Å². The molecule has 18 heavy (non-hydrogen) atoms. The van der Waals surface area contributed by atoms with Crippen LogP contribution >= 0.6 is 0 Å². The second-order valence-corrected chi connectivity index (χ2v) is 4.34. The first-order valence-electron chi connectivity index (χ1n) is 5.74. The van der Waals surface area contributed by atoms with Crippen LogP contribution in [0.2, 0.25) is 0 Å². The number of hydrogen-bond acceptors (Lipinski definition) is 4. The molecule has 1 aromatic rings. The Hall–Kier alpha value is -2.11. The monoisotopic (exact) mass is 250 g/mol. The van der Waals surface area contributed by atoms with Gasteiger partial charge < -0.3 is 15.1 Å². The van der Waals surface area contributed by atoms with Gasteiger partial charge in [0.1, 0.15) is 0 Å². The molecule has 0 spiro atoms. The molecule has 0 amide bonds. The largest absolute Gasteiger partial charge is 0.481 e. The van der Waals surface area contributed by atoms with Crippen LogP contribution in [0, 0.1) is 5.92 Å². The number of piperidine rings is 1. The summed E-state index contributed by atoms with van der Waals surface area (Å²) >= 11 is 0. The highest BCUT2D eigenvalue weighted by Crippen LogP contribution is 2.23. The number of aromatic carboxylic acids is 1. The topological polar surface area (TPSA) is 90.7 Å². The second kappa shape index (κ2) is 5.03. The number of aliphatic carboxylic acids is 1. The number of nitrogens with zero attached hydrogens (tertiary/aromatic N) is 2. The van der Waals surface area contributed by atoms with Crippen molar-refractivity contribution in [3.05, 3.63) is 24.0 Å². The standard InChI is InChI=1S/C12H14N2O4/c15-11(16)8-1-3-14(4-2-8)10-5-9(12(17)18)6-13-7-10/h5-8H,1-4H2,(H,15,16)(H,17,18). The van der Waals surface area contributed by atoms with E-state index < -0.39 is 11.9 Å². The fourth-order valence-corrected chi connectivity index (χ4v) is 2.10. The zero-order valence-corrected chi connectivity index (χ0v) is 9.74. The lowest BCUT2D eigenvalue weighted by molar-refractivity contribution is -0.142. The molecule has 0 aromatic carbocycles. The number of pyridine rings is 1. The molecular weight excluding hydrogens is 236 g/mol. The van der Waals surface area contributed by atoms with Crippen molar-refractivity contribution in [2.24, 2.45) is 5.92 Å². The summed E-state index contributed by atoms with van der Waals surface area (Å²) < 4.78 is 0. The van der Waals surface area contributed by atoms with E-state index in [2.05, 4.69) is 4.98 Å². The van der Waals surface area contributed by atoms with Gasteiger partial charge in [-0.15, -0.1) is 0 Å². The molecular formula is C12H14N2O4. The van der Waals surface area contributed by atoms with Crippen LogP contribution in [0.3, 0.4) is 0 Å². The molecule has 2 N–H and O–H groups in total. The predicted molar refractivity (Wildman–Crippen MR) is 63.8 cm³/mol. The minimum atomic E-state index is -1.01. The maximum absolute atomic E-state index is 10.8. The van der Waals surface area contributed by atoms with Crippen LogP contribution in [-0.4, -0.2) is 40.2 Å². The first kappa shape index (κ1) is 12.3. The summed E-state index contributed by atoms with van der Waals surface area (Å²) in [6.07, 6.45) is 4.06. The molecule has 6 heteroatoms. The van der Waals surface area contributed by atoms with Crippen molar-refractivity contribution < 1.29 is 19.8 Å². The molecule has 2 rings (SSSR count). The van der Waals surface area contributed by atoms with E-state index in [1.165, 1.54) is 6.20 Å². The third-order valence-electron chi connectivity index (χ3n) is 3.18. The molecule has 0 bridgehead atoms. The minimum absolute atomic E-state index is 0.146. The molecule has 1 fully saturated rings. The van der Waals surface area contributed by atoms with Crippen molar-refractivity contribution >= 4 is 17.6 Å². The van der Waals surface area contributed by atoms with Crippen molar-refractivity contribution in [1.82, 2.24) is 4.98 Å². The van der Waals surface area contributed by atoms with Crippen molar-refractivity contribution in [3.63, 3.8) is 0 Å². The summed E-state index contributed by atoms with van der Waals surface area (Å²) in [5, 5.41) is 17.8. The van der Waals surface area contributed by atoms with Crippen LogP contribution in [0.4, 0.5) is 5.69 Å². The van der Waals surface area contributed by atoms with E-state index in [0.717, 1.165) is 5.69 Å². The Morgan fingerprint density at radius 2 is 1.89 bits per heavy atom. The normalized spacial score (nSPS) is 16.6. The average molecular weight is 250 g/mol. The molecule has 0 radical (unpaired) electrons. The van der Waals surface area contributed by atoms with Gasteiger partial charge in [0, 0.05) is 19.3 Å². The van der Waals surface area contributed by atoms with Gasteiger partial charge in [0.25, 0.3) is 0 Å². The lowest BCUT2D eigenvalue weighted by Crippen LogP contribution is -2.36. The molecule has 1 aromatic heterocycles. The third-order valence-corrected chi connectivity index (χ3v) is 3.18. The van der Waals surface area contributed by atoms with Gasteiger partial charge in [-0.1, -0.05) is 0 Å². The van der Waals surface area contributed by atoms with E-state index in [0.29, 0.717) is 25.9 Å². The predicted octanol–water partition coefficient (Wildman–Crippen LogP) is 1.08. The van der Waals surface area contributed by atoms with Gasteiger partial charge >= 0.3 is 11.9 Å². The zero-order chi connectivity index (χ0) is 13.1. The highest BCUT2D eigenvalue weighted by molar-refractivity contribution is 5.88. The number of carboxylic acids is 2. The number of carbonyl (C=O) groups is 2. The van der Waals surface area contributed by atoms with Crippen LogP contribution in [0.15, 0.2) is 18.5 Å². The van der Waals surface area contributed by atoms with Crippen molar-refractivity contribution in [2.45, 2.75) is 12.8 Å². The van der Waals surface area contributed by atoms with Crippen LogP contribution in [0.1, 0.15) is 23.2 Å². The van der Waals surface area contributed by atoms with Crippen molar-refractivity contribution in [1.29, 1.82) is 0 Å². The number of anilines is 1. The molecule has 0 atom stereocenters. The van der Waals surface area contributed by atoms with E-state index >= 15 is 0 Å². The Kier molecular flexibility index (Phi) is 3.45. The molecule has 1 aliphatic rings. The molecule has 6 nitrogen and oxygen atoms in total. The van der Waals surface area contributed by atoms with E-state index in [-0.39, 0.29) is 11.5 Å². The summed E-state index contributed by atoms with van der Waals surface area (Å²) in [5.41, 5.74) is 0.881. The number of aromatic nitrogens is 1. The Balaban J connectivity index is 2.07. The van der Waals surface area contributed by atoms with Gasteiger partial charge in [0.15, 0.2) is 0 Å². The Morgan fingerprint density at radius 3 is 2.44 bits per heavy atom. The minimum Gasteiger partial charge on any atom is -0.481 e. The summed E-state index contributed by atoms with van der Waals surface area (Å²) in [5.74, 6) is -2.06. The van der Waals surface area contributed by atoms with Gasteiger partial charge in [-0.2, -0.15) is 0 Å². The van der Waals surface area contributed by atoms with Gasteiger partial charge in [0.2, 0.25) is 0 Å². The lowest BCUT2D eigenvalue weighted by Gasteiger charge is -2.31. The van der Waals surface area contributed by atoms with Gasteiger partial charge in [-0.25, -0.2) is 4.79 Å². The highest BCUT2D eigenvalue weighted by atomic mass is 16.4. The van der Waals surface area contributed by atoms with Gasteiger partial charge in [-0.3, -0.25) is 9.78 Å². The van der Waals surface area contributed by atoms with Crippen molar-refractivity contribution in [2.75, 3.05) is 18.0 Å². The van der Waals surface area contributed by atoms with E-state index in [1.54, 1.807) is 12.3 Å². The van der Waals surface area contributed by atoms with E-state index in [1.807, 2.05) is 4.90 Å². The average Bonchev–Trinajstić information content (AvgIpc) is 2.39. The fraction of sp³-hybridized carbons (Fsp3) is 0.417. The second-order valence-electron chi connectivity index (χ2n) is 4.34. The third kappa shape index (κ3) is 2.58. The molecule has 0 aliphatic carbocycles. The fourth-order valence-electron chi connectivity index (χ4n) is 2.10. The van der Waals surface area contributed by atoms with Crippen molar-refractivity contribution in [3.8, 4) is 0 Å². The summed E-state index contributed by atoms with van der Waals surface area (Å²) in [6, 6.07) is 1.57. The number of rotatable bonds is 3. The molecule has 96 valence electrons. The lowest BCUT2D eigenvalue weighted by atomic mass is 9.97. The SMILES string of the molecule is O=C(O)c1cncc(N2CCC(C(=O)O)CC2)c1. The van der Waals surface area contributed by atoms with Gasteiger partial charge in [0.05, 0.1) is 23.4 Å².